The van der Waals surface area contributed by atoms with Gasteiger partial charge in [-0.05, 0) is 43.0 Å². The van der Waals surface area contributed by atoms with Crippen LogP contribution in [0.3, 0.4) is 0 Å². The lowest BCUT2D eigenvalue weighted by atomic mass is 10.0. The molecule has 0 fully saturated rings. The Balaban J connectivity index is 1.92. The van der Waals surface area contributed by atoms with Crippen LogP contribution in [0.5, 0.6) is 0 Å². The number of hydrogen-bond acceptors (Lipinski definition) is 3. The summed E-state index contributed by atoms with van der Waals surface area (Å²) >= 11 is 0. The number of nitrogens with zero attached hydrogens (tertiary/aromatic N) is 2. The van der Waals surface area contributed by atoms with Crippen molar-refractivity contribution in [1.82, 2.24) is 9.55 Å². The second-order valence-electron chi connectivity index (χ2n) is 6.43. The third-order valence-corrected chi connectivity index (χ3v) is 4.62. The zero-order valence-corrected chi connectivity index (χ0v) is 15.5. The highest BCUT2D eigenvalue weighted by Crippen LogP contribution is 2.24. The largest absolute Gasteiger partial charge is 0.385 e. The molecule has 2 N–H and O–H groups in total. The number of imidazole rings is 1. The number of para-hydroxylation sites is 3. The van der Waals surface area contributed by atoms with Gasteiger partial charge in [0, 0.05) is 5.69 Å². The van der Waals surface area contributed by atoms with E-state index in [0.29, 0.717) is 5.82 Å². The fourth-order valence-electron chi connectivity index (χ4n) is 3.30. The van der Waals surface area contributed by atoms with Gasteiger partial charge in [0.1, 0.15) is 18.5 Å². The van der Waals surface area contributed by atoms with Crippen molar-refractivity contribution in [3.05, 3.63) is 59.4 Å². The van der Waals surface area contributed by atoms with Crippen molar-refractivity contribution in [3.8, 4) is 0 Å². The molecule has 1 heterocycles. The molecule has 0 saturated carbocycles. The van der Waals surface area contributed by atoms with Crippen molar-refractivity contribution in [3.63, 3.8) is 0 Å². The molecule has 0 aliphatic rings. The third-order valence-electron chi connectivity index (χ3n) is 4.62. The Morgan fingerprint density at radius 3 is 2.38 bits per heavy atom. The highest BCUT2D eigenvalue weighted by Gasteiger charge is 2.18. The summed E-state index contributed by atoms with van der Waals surface area (Å²) in [7, 11) is 0. The molecule has 5 heteroatoms. The van der Waals surface area contributed by atoms with Crippen LogP contribution >= 0.6 is 0 Å². The number of aliphatic hydroxyl groups excluding tert-OH is 1. The first-order valence-electron chi connectivity index (χ1n) is 9.09. The Hall–Kier alpha value is -2.66. The zero-order chi connectivity index (χ0) is 18.7. The maximum atomic E-state index is 12.8. The van der Waals surface area contributed by atoms with Crippen LogP contribution < -0.4 is 5.32 Å². The summed E-state index contributed by atoms with van der Waals surface area (Å²) in [5.41, 5.74) is 4.79. The fraction of sp³-hybridized carbons (Fsp3) is 0.333. The van der Waals surface area contributed by atoms with Crippen LogP contribution in [0.15, 0.2) is 42.5 Å². The maximum Gasteiger partial charge on any atom is 0.244 e. The third kappa shape index (κ3) is 3.48. The molecule has 1 amide bonds. The van der Waals surface area contributed by atoms with E-state index in [1.54, 1.807) is 11.5 Å². The second kappa shape index (κ2) is 7.70. The molecule has 0 radical (unpaired) electrons. The number of hydrogen-bond donors (Lipinski definition) is 2. The highest BCUT2D eigenvalue weighted by molar-refractivity contribution is 5.93. The molecule has 1 unspecified atom stereocenters. The van der Waals surface area contributed by atoms with Crippen LogP contribution in [0.1, 0.15) is 43.8 Å². The molecule has 0 saturated heterocycles. The number of fused-ring (bicyclic) bond motifs is 1. The van der Waals surface area contributed by atoms with E-state index in [1.165, 1.54) is 0 Å². The number of anilines is 1. The minimum atomic E-state index is -0.746. The smallest absolute Gasteiger partial charge is 0.244 e. The van der Waals surface area contributed by atoms with Gasteiger partial charge in [0.05, 0.1) is 11.0 Å². The van der Waals surface area contributed by atoms with Gasteiger partial charge in [0.25, 0.3) is 0 Å². The summed E-state index contributed by atoms with van der Waals surface area (Å²) in [5, 5.41) is 13.1. The summed E-state index contributed by atoms with van der Waals surface area (Å²) in [6, 6.07) is 13.7. The Bertz CT molecular complexity index is 906. The van der Waals surface area contributed by atoms with Crippen LogP contribution in [0.4, 0.5) is 5.69 Å². The number of aliphatic hydroxyl groups is 1. The number of rotatable bonds is 6. The number of amides is 1. The van der Waals surface area contributed by atoms with E-state index < -0.39 is 6.10 Å². The minimum Gasteiger partial charge on any atom is -0.385 e. The van der Waals surface area contributed by atoms with E-state index in [1.807, 2.05) is 42.5 Å². The SMILES string of the molecule is CCc1cccc(CC)c1NC(=O)Cn1c(C(C)O)nc2ccccc21. The Labute approximate surface area is 153 Å². The van der Waals surface area contributed by atoms with Gasteiger partial charge in [0.15, 0.2) is 0 Å². The van der Waals surface area contributed by atoms with Crippen LogP contribution in [-0.2, 0) is 24.2 Å². The van der Waals surface area contributed by atoms with Gasteiger partial charge < -0.3 is 15.0 Å². The lowest BCUT2D eigenvalue weighted by Crippen LogP contribution is -2.22. The molecule has 1 aromatic heterocycles. The average molecular weight is 351 g/mol. The zero-order valence-electron chi connectivity index (χ0n) is 15.5. The van der Waals surface area contributed by atoms with Gasteiger partial charge in [-0.3, -0.25) is 4.79 Å². The maximum absolute atomic E-state index is 12.8. The quantitative estimate of drug-likeness (QED) is 0.709. The van der Waals surface area contributed by atoms with Gasteiger partial charge in [-0.15, -0.1) is 0 Å². The van der Waals surface area contributed by atoms with Gasteiger partial charge >= 0.3 is 0 Å². The number of aromatic nitrogens is 2. The van der Waals surface area contributed by atoms with Gasteiger partial charge in [-0.2, -0.15) is 0 Å². The molecule has 0 aliphatic carbocycles. The fourth-order valence-corrected chi connectivity index (χ4v) is 3.30. The molecular formula is C21H25N3O2. The second-order valence-corrected chi connectivity index (χ2v) is 6.43. The summed E-state index contributed by atoms with van der Waals surface area (Å²) in [4.78, 5) is 17.3. The van der Waals surface area contributed by atoms with E-state index in [0.717, 1.165) is 40.7 Å². The predicted molar refractivity (Wildman–Crippen MR) is 104 cm³/mol. The normalized spacial score (nSPS) is 12.3. The standard InChI is InChI=1S/C21H25N3O2/c1-4-15-9-8-10-16(5-2)20(15)23-19(26)13-24-18-12-7-6-11-17(18)22-21(24)14(3)25/h6-12,14,25H,4-5,13H2,1-3H3,(H,23,26). The van der Waals surface area contributed by atoms with E-state index in [4.69, 9.17) is 0 Å². The number of benzene rings is 2. The Morgan fingerprint density at radius 2 is 1.77 bits per heavy atom. The molecule has 26 heavy (non-hydrogen) atoms. The van der Waals surface area contributed by atoms with Crippen molar-refractivity contribution in [2.75, 3.05) is 5.32 Å². The van der Waals surface area contributed by atoms with Crippen LogP contribution in [0.2, 0.25) is 0 Å². The van der Waals surface area contributed by atoms with E-state index in [9.17, 15) is 9.90 Å². The molecule has 5 nitrogen and oxygen atoms in total. The lowest BCUT2D eigenvalue weighted by Gasteiger charge is -2.16. The molecule has 3 rings (SSSR count). The van der Waals surface area contributed by atoms with Crippen molar-refractivity contribution >= 4 is 22.6 Å². The number of aryl methyl sites for hydroxylation is 2. The number of carbonyl (C=O) groups is 1. The molecular weight excluding hydrogens is 326 g/mol. The lowest BCUT2D eigenvalue weighted by molar-refractivity contribution is -0.116. The monoisotopic (exact) mass is 351 g/mol. The van der Waals surface area contributed by atoms with Gasteiger partial charge in [-0.1, -0.05) is 44.2 Å². The highest BCUT2D eigenvalue weighted by atomic mass is 16.3. The molecule has 0 spiro atoms. The predicted octanol–water partition coefficient (Wildman–Crippen LogP) is 3.85. The van der Waals surface area contributed by atoms with Gasteiger partial charge in [0.2, 0.25) is 5.91 Å². The van der Waals surface area contributed by atoms with Crippen LogP contribution in [0.25, 0.3) is 11.0 Å². The summed E-state index contributed by atoms with van der Waals surface area (Å²) in [6.07, 6.45) is 0.969. The summed E-state index contributed by atoms with van der Waals surface area (Å²) in [6.45, 7) is 5.94. The molecule has 0 aliphatic heterocycles. The van der Waals surface area contributed by atoms with Crippen LogP contribution in [0, 0.1) is 0 Å². The first-order chi connectivity index (χ1) is 12.5. The van der Waals surface area contributed by atoms with E-state index >= 15 is 0 Å². The molecule has 3 aromatic rings. The Kier molecular flexibility index (Phi) is 5.38. The summed E-state index contributed by atoms with van der Waals surface area (Å²) < 4.78 is 1.79. The topological polar surface area (TPSA) is 67.2 Å². The molecule has 0 bridgehead atoms. The van der Waals surface area contributed by atoms with Crippen LogP contribution in [-0.4, -0.2) is 20.6 Å². The molecule has 2 aromatic carbocycles. The molecule has 1 atom stereocenters. The first kappa shape index (κ1) is 18.1. The van der Waals surface area contributed by atoms with Crippen molar-refractivity contribution in [2.45, 2.75) is 46.3 Å². The minimum absolute atomic E-state index is 0.113. The molecule has 136 valence electrons. The van der Waals surface area contributed by atoms with E-state index in [2.05, 4.69) is 24.1 Å². The first-order valence-corrected chi connectivity index (χ1v) is 9.09. The number of carbonyl (C=O) groups excluding carboxylic acids is 1. The van der Waals surface area contributed by atoms with E-state index in [-0.39, 0.29) is 12.5 Å². The number of nitrogens with one attached hydrogen (secondary N) is 1. The summed E-state index contributed by atoms with van der Waals surface area (Å²) in [5.74, 6) is 0.381. The van der Waals surface area contributed by atoms with Crippen molar-refractivity contribution in [1.29, 1.82) is 0 Å². The van der Waals surface area contributed by atoms with Gasteiger partial charge in [-0.25, -0.2) is 4.98 Å². The van der Waals surface area contributed by atoms with Crippen molar-refractivity contribution in [2.24, 2.45) is 0 Å². The van der Waals surface area contributed by atoms with Crippen molar-refractivity contribution < 1.29 is 9.90 Å². The Morgan fingerprint density at radius 1 is 1.12 bits per heavy atom. The average Bonchev–Trinajstić information content (AvgIpc) is 3.00.